The molecule has 5 atom stereocenters. The van der Waals surface area contributed by atoms with Crippen molar-refractivity contribution < 1.29 is 43.3 Å². The summed E-state index contributed by atoms with van der Waals surface area (Å²) in [6, 6.07) is 3.13. The average molecular weight is 791 g/mol. The van der Waals surface area contributed by atoms with Crippen molar-refractivity contribution in [3.63, 3.8) is 0 Å². The molecule has 2 aromatic heterocycles. The molecular formula is C40H50N6O9S. The summed E-state index contributed by atoms with van der Waals surface area (Å²) < 4.78 is 17.9. The number of aliphatic carboxylic acids is 1. The first-order valence-electron chi connectivity index (χ1n) is 18.9. The van der Waals surface area contributed by atoms with Crippen molar-refractivity contribution in [3.05, 3.63) is 41.8 Å². The van der Waals surface area contributed by atoms with Gasteiger partial charge in [-0.15, -0.1) is 17.9 Å². The number of hydrogen-bond acceptors (Lipinski definition) is 11. The lowest BCUT2D eigenvalue weighted by molar-refractivity contribution is -0.146. The number of thiazole rings is 1. The van der Waals surface area contributed by atoms with Crippen molar-refractivity contribution in [2.24, 2.45) is 11.3 Å². The lowest BCUT2D eigenvalue weighted by Gasteiger charge is -2.35. The van der Waals surface area contributed by atoms with Crippen LogP contribution in [0.25, 0.3) is 21.6 Å². The molecule has 1 aliphatic heterocycles. The van der Waals surface area contributed by atoms with E-state index in [1.807, 2.05) is 33.8 Å². The first kappa shape index (κ1) is 40.4. The molecule has 0 bridgehead atoms. The van der Waals surface area contributed by atoms with Gasteiger partial charge in [-0.3, -0.25) is 14.4 Å². The van der Waals surface area contributed by atoms with Crippen LogP contribution in [0.5, 0.6) is 11.5 Å². The molecule has 3 heterocycles. The monoisotopic (exact) mass is 790 g/mol. The molecule has 1 saturated heterocycles. The molecule has 2 saturated carbocycles. The number of aromatic nitrogens is 2. The van der Waals surface area contributed by atoms with Crippen LogP contribution in [0.2, 0.25) is 0 Å². The number of likely N-dealkylation sites (tertiary alicyclic amines) is 1. The number of aryl methyl sites for hydroxylation is 1. The number of fused-ring (bicyclic) bond motifs is 1. The van der Waals surface area contributed by atoms with Gasteiger partial charge in [-0.2, -0.15) is 0 Å². The molecule has 6 rings (SSSR count). The van der Waals surface area contributed by atoms with E-state index in [0.29, 0.717) is 45.3 Å². The molecular weight excluding hydrogens is 741 g/mol. The number of alkyl carbamates (subject to hydrolysis) is 1. The normalized spacial score (nSPS) is 22.6. The summed E-state index contributed by atoms with van der Waals surface area (Å²) in [5, 5.41) is 21.3. The van der Waals surface area contributed by atoms with Crippen molar-refractivity contribution in [1.82, 2.24) is 25.5 Å². The molecule has 1 aromatic carbocycles. The van der Waals surface area contributed by atoms with E-state index in [-0.39, 0.29) is 31.4 Å². The molecule has 0 spiro atoms. The first-order chi connectivity index (χ1) is 26.6. The third-order valence-corrected chi connectivity index (χ3v) is 11.7. The molecule has 16 heteroatoms. The highest BCUT2D eigenvalue weighted by Gasteiger charge is 2.61. The Morgan fingerprint density at radius 2 is 1.86 bits per heavy atom. The fourth-order valence-corrected chi connectivity index (χ4v) is 8.20. The second-order valence-corrected chi connectivity index (χ2v) is 16.6. The SMILES string of the molecule is C=C[C@@H]1C[C@]1(NC(=O)[C@@H]1C[C@@H](Oc2cc(-c3nc(NC(=O)CC)cs3)nc3c(C)c(OC)ccc23)CN1C(=O)[C@@H](NC(=O)OC1CCCC1)C(C)(C)C)C(=O)O. The third kappa shape index (κ3) is 8.30. The van der Waals surface area contributed by atoms with E-state index in [1.54, 1.807) is 31.5 Å². The van der Waals surface area contributed by atoms with E-state index in [4.69, 9.17) is 19.2 Å². The van der Waals surface area contributed by atoms with E-state index in [0.717, 1.165) is 31.2 Å². The Morgan fingerprint density at radius 3 is 2.48 bits per heavy atom. The van der Waals surface area contributed by atoms with Crippen LogP contribution < -0.4 is 25.4 Å². The number of carbonyl (C=O) groups excluding carboxylic acids is 4. The maximum absolute atomic E-state index is 14.6. The number of nitrogens with zero attached hydrogens (tertiary/aromatic N) is 3. The number of hydrogen-bond donors (Lipinski definition) is 4. The zero-order valence-electron chi connectivity index (χ0n) is 32.6. The molecule has 3 fully saturated rings. The van der Waals surface area contributed by atoms with Crippen molar-refractivity contribution in [1.29, 1.82) is 0 Å². The molecule has 2 aliphatic carbocycles. The first-order valence-corrected chi connectivity index (χ1v) is 19.8. The number of methoxy groups -OCH3 is 1. The number of carboxylic acid groups (broad SMARTS) is 1. The Balaban J connectivity index is 1.34. The number of carbonyl (C=O) groups is 5. The lowest BCUT2D eigenvalue weighted by Crippen LogP contribution is -2.59. The minimum atomic E-state index is -1.53. The Kier molecular flexibility index (Phi) is 11.6. The highest BCUT2D eigenvalue weighted by atomic mass is 32.1. The second kappa shape index (κ2) is 16.1. The number of amides is 4. The van der Waals surface area contributed by atoms with Crippen LogP contribution in [-0.2, 0) is 23.9 Å². The van der Waals surface area contributed by atoms with Crippen LogP contribution in [0.3, 0.4) is 0 Å². The molecule has 0 unspecified atom stereocenters. The van der Waals surface area contributed by atoms with E-state index >= 15 is 0 Å². The number of pyridine rings is 1. The van der Waals surface area contributed by atoms with Crippen molar-refractivity contribution in [2.45, 2.75) is 109 Å². The van der Waals surface area contributed by atoms with Crippen molar-refractivity contribution in [2.75, 3.05) is 19.0 Å². The predicted molar refractivity (Wildman–Crippen MR) is 210 cm³/mol. The molecule has 300 valence electrons. The molecule has 4 amide bonds. The van der Waals surface area contributed by atoms with Crippen LogP contribution in [-0.4, -0.2) is 93.2 Å². The van der Waals surface area contributed by atoms with Crippen LogP contribution >= 0.6 is 11.3 Å². The average Bonchev–Trinajstić information content (AvgIpc) is 3.57. The standard InChI is InChI=1S/C40H50N6O9S/c1-8-22-18-40(22,37(50)51)45-34(48)27-16-24(19-46(27)36(49)33(39(4,5)6)44-38(52)55-23-12-10-11-13-23)54-29-17-26(35-43-30(20-56-35)42-31(47)9-2)41-32-21(3)28(53-7)15-14-25(29)32/h8,14-15,17,20,22-24,27,33H,1,9-13,16,18-19H2,2-7H3,(H,42,47)(H,44,52)(H,45,48)(H,50,51)/t22-,24-,27+,33-,40-/m1/s1. The number of carboxylic acids is 1. The van der Waals surface area contributed by atoms with Gasteiger partial charge in [0.2, 0.25) is 17.7 Å². The Labute approximate surface area is 329 Å². The molecule has 15 nitrogen and oxygen atoms in total. The minimum absolute atomic E-state index is 0.0220. The van der Waals surface area contributed by atoms with Crippen LogP contribution in [0.15, 0.2) is 36.2 Å². The maximum atomic E-state index is 14.6. The second-order valence-electron chi connectivity index (χ2n) is 15.8. The van der Waals surface area contributed by atoms with E-state index in [1.165, 1.54) is 22.3 Å². The molecule has 56 heavy (non-hydrogen) atoms. The number of nitrogens with one attached hydrogen (secondary N) is 3. The number of ether oxygens (including phenoxy) is 3. The Bertz CT molecular complexity index is 2040. The van der Waals surface area contributed by atoms with Gasteiger partial charge in [-0.1, -0.05) is 33.8 Å². The maximum Gasteiger partial charge on any atom is 0.408 e. The summed E-state index contributed by atoms with van der Waals surface area (Å²) in [4.78, 5) is 77.2. The van der Waals surface area contributed by atoms with Gasteiger partial charge in [0.1, 0.15) is 57.8 Å². The fraction of sp³-hybridized carbons (Fsp3) is 0.525. The highest BCUT2D eigenvalue weighted by Crippen LogP contribution is 2.45. The van der Waals surface area contributed by atoms with Gasteiger partial charge < -0.3 is 40.2 Å². The quantitative estimate of drug-likeness (QED) is 0.157. The summed E-state index contributed by atoms with van der Waals surface area (Å²) in [6.07, 6.45) is 3.72. The van der Waals surface area contributed by atoms with Gasteiger partial charge >= 0.3 is 12.1 Å². The Hall–Kier alpha value is -5.25. The van der Waals surface area contributed by atoms with E-state index in [2.05, 4.69) is 27.5 Å². The van der Waals surface area contributed by atoms with Gasteiger partial charge in [0.15, 0.2) is 0 Å². The number of anilines is 1. The predicted octanol–water partition coefficient (Wildman–Crippen LogP) is 5.60. The van der Waals surface area contributed by atoms with Gasteiger partial charge in [0, 0.05) is 41.2 Å². The zero-order valence-corrected chi connectivity index (χ0v) is 33.4. The van der Waals surface area contributed by atoms with Gasteiger partial charge in [-0.25, -0.2) is 19.6 Å². The summed E-state index contributed by atoms with van der Waals surface area (Å²) in [5.74, 6) is -1.61. The van der Waals surface area contributed by atoms with Gasteiger partial charge in [0.05, 0.1) is 19.2 Å². The number of rotatable bonds is 13. The van der Waals surface area contributed by atoms with Crippen molar-refractivity contribution in [3.8, 4) is 22.2 Å². The fourth-order valence-electron chi connectivity index (χ4n) is 7.48. The third-order valence-electron chi connectivity index (χ3n) is 10.8. The van der Waals surface area contributed by atoms with Crippen LogP contribution in [0, 0.1) is 18.3 Å². The topological polar surface area (TPSA) is 198 Å². The number of benzene rings is 1. The molecule has 4 N–H and O–H groups in total. The largest absolute Gasteiger partial charge is 0.496 e. The summed E-state index contributed by atoms with van der Waals surface area (Å²) in [6.45, 7) is 12.7. The summed E-state index contributed by atoms with van der Waals surface area (Å²) in [7, 11) is 1.57. The van der Waals surface area contributed by atoms with E-state index < -0.39 is 58.9 Å². The minimum Gasteiger partial charge on any atom is -0.496 e. The van der Waals surface area contributed by atoms with Gasteiger partial charge in [0.25, 0.3) is 0 Å². The molecule has 3 aliphatic rings. The zero-order chi connectivity index (χ0) is 40.5. The summed E-state index contributed by atoms with van der Waals surface area (Å²) >= 11 is 1.29. The van der Waals surface area contributed by atoms with Crippen LogP contribution in [0.1, 0.15) is 78.2 Å². The van der Waals surface area contributed by atoms with Crippen molar-refractivity contribution >= 4 is 57.8 Å². The Morgan fingerprint density at radius 1 is 1.12 bits per heavy atom. The van der Waals surface area contributed by atoms with E-state index in [9.17, 15) is 29.1 Å². The van der Waals surface area contributed by atoms with Gasteiger partial charge in [-0.05, 0) is 56.6 Å². The molecule has 3 aromatic rings. The highest BCUT2D eigenvalue weighted by molar-refractivity contribution is 7.13. The molecule has 0 radical (unpaired) electrons. The summed E-state index contributed by atoms with van der Waals surface area (Å²) in [5.41, 5.74) is -0.533. The smallest absolute Gasteiger partial charge is 0.408 e. The van der Waals surface area contributed by atoms with Crippen LogP contribution in [0.4, 0.5) is 10.6 Å². The lowest BCUT2D eigenvalue weighted by atomic mass is 9.85.